The number of carbonyl (C=O) groups is 3. The Balaban J connectivity index is 1.72. The molecule has 1 aliphatic heterocycles. The van der Waals surface area contributed by atoms with Gasteiger partial charge in [-0.2, -0.15) is 0 Å². The van der Waals surface area contributed by atoms with Crippen molar-refractivity contribution in [1.82, 2.24) is 4.90 Å². The van der Waals surface area contributed by atoms with E-state index < -0.39 is 5.25 Å². The summed E-state index contributed by atoms with van der Waals surface area (Å²) in [6.45, 7) is 4.05. The first kappa shape index (κ1) is 22.2. The summed E-state index contributed by atoms with van der Waals surface area (Å²) in [4.78, 5) is 43.0. The van der Waals surface area contributed by atoms with Crippen molar-refractivity contribution >= 4 is 61.8 Å². The molecule has 3 rings (SSSR count). The third-order valence-corrected chi connectivity index (χ3v) is 6.17. The van der Waals surface area contributed by atoms with E-state index in [1.165, 1.54) is 18.7 Å². The first-order valence-corrected chi connectivity index (χ1v) is 11.3. The van der Waals surface area contributed by atoms with E-state index in [-0.39, 0.29) is 24.0 Å². The number of amides is 2. The zero-order chi connectivity index (χ0) is 21.7. The van der Waals surface area contributed by atoms with Gasteiger partial charge in [0.25, 0.3) is 0 Å². The number of hydrogen-bond donors (Lipinski definition) is 1. The van der Waals surface area contributed by atoms with Crippen LogP contribution in [-0.4, -0.2) is 39.5 Å². The summed E-state index contributed by atoms with van der Waals surface area (Å²) in [6.07, 6.45) is 0.856. The van der Waals surface area contributed by atoms with Gasteiger partial charge in [-0.1, -0.05) is 34.6 Å². The van der Waals surface area contributed by atoms with Crippen LogP contribution >= 0.6 is 27.7 Å². The molecule has 0 radical (unpaired) electrons. The third-order valence-electron chi connectivity index (χ3n) is 4.46. The maximum absolute atomic E-state index is 12.9. The molecular formula is C22H22BrN3O3S. The fourth-order valence-corrected chi connectivity index (χ4v) is 4.40. The van der Waals surface area contributed by atoms with E-state index in [4.69, 9.17) is 0 Å². The molecule has 8 heteroatoms. The Kier molecular flexibility index (Phi) is 7.44. The van der Waals surface area contributed by atoms with Gasteiger partial charge in [0.05, 0.1) is 5.69 Å². The van der Waals surface area contributed by atoms with Crippen molar-refractivity contribution in [3.05, 3.63) is 58.6 Å². The maximum atomic E-state index is 12.9. The fraction of sp³-hybridized carbons (Fsp3) is 0.273. The first-order valence-electron chi connectivity index (χ1n) is 9.60. The molecule has 0 aliphatic carbocycles. The Morgan fingerprint density at radius 2 is 1.80 bits per heavy atom. The zero-order valence-corrected chi connectivity index (χ0v) is 19.1. The summed E-state index contributed by atoms with van der Waals surface area (Å²) in [6, 6.07) is 14.2. The van der Waals surface area contributed by atoms with E-state index in [0.29, 0.717) is 28.7 Å². The highest BCUT2D eigenvalue weighted by Gasteiger charge is 2.38. The molecule has 1 heterocycles. The van der Waals surface area contributed by atoms with Gasteiger partial charge in [0, 0.05) is 28.7 Å². The Hall–Kier alpha value is -2.45. The summed E-state index contributed by atoms with van der Waals surface area (Å²) < 4.78 is 0.925. The van der Waals surface area contributed by atoms with Gasteiger partial charge >= 0.3 is 0 Å². The highest BCUT2D eigenvalue weighted by atomic mass is 79.9. The molecule has 1 saturated heterocycles. The van der Waals surface area contributed by atoms with Gasteiger partial charge < -0.3 is 5.32 Å². The molecule has 1 atom stereocenters. The number of thioether (sulfide) groups is 1. The normalized spacial score (nSPS) is 17.4. The molecule has 2 amide bonds. The van der Waals surface area contributed by atoms with Gasteiger partial charge in [-0.05, 0) is 61.9 Å². The van der Waals surface area contributed by atoms with Crippen LogP contribution < -0.4 is 5.32 Å². The van der Waals surface area contributed by atoms with Crippen LogP contribution in [0.5, 0.6) is 0 Å². The van der Waals surface area contributed by atoms with E-state index in [2.05, 4.69) is 26.2 Å². The van der Waals surface area contributed by atoms with Crippen LogP contribution in [0, 0.1) is 0 Å². The van der Waals surface area contributed by atoms with Crippen LogP contribution in [0.1, 0.15) is 37.0 Å². The number of benzene rings is 2. The molecule has 0 bridgehead atoms. The largest absolute Gasteiger partial charge is 0.326 e. The van der Waals surface area contributed by atoms with Gasteiger partial charge in [-0.3, -0.25) is 19.3 Å². The van der Waals surface area contributed by atoms with Crippen LogP contribution in [0.3, 0.4) is 0 Å². The van der Waals surface area contributed by atoms with Gasteiger partial charge in [0.2, 0.25) is 11.8 Å². The lowest BCUT2D eigenvalue weighted by Gasteiger charge is -2.15. The number of amidine groups is 1. The summed E-state index contributed by atoms with van der Waals surface area (Å²) in [5.41, 5.74) is 1.96. The minimum Gasteiger partial charge on any atom is -0.326 e. The molecule has 0 unspecified atom stereocenters. The molecule has 1 fully saturated rings. The summed E-state index contributed by atoms with van der Waals surface area (Å²) in [5, 5.41) is 2.90. The Bertz CT molecular complexity index is 974. The summed E-state index contributed by atoms with van der Waals surface area (Å²) >= 11 is 4.66. The second-order valence-electron chi connectivity index (χ2n) is 6.85. The second-order valence-corrected chi connectivity index (χ2v) is 8.94. The number of anilines is 1. The zero-order valence-electron chi connectivity index (χ0n) is 16.7. The topological polar surface area (TPSA) is 78.8 Å². The van der Waals surface area contributed by atoms with Crippen LogP contribution in [-0.2, 0) is 9.59 Å². The number of aliphatic imine (C=N–C) groups is 1. The van der Waals surface area contributed by atoms with E-state index >= 15 is 0 Å². The van der Waals surface area contributed by atoms with Crippen molar-refractivity contribution in [1.29, 1.82) is 0 Å². The smallest absolute Gasteiger partial charge is 0.242 e. The summed E-state index contributed by atoms with van der Waals surface area (Å²) in [5.74, 6) is -0.331. The fourth-order valence-electron chi connectivity index (χ4n) is 2.95. The van der Waals surface area contributed by atoms with Crippen molar-refractivity contribution in [3.63, 3.8) is 0 Å². The lowest BCUT2D eigenvalue weighted by Crippen LogP contribution is -2.34. The quantitative estimate of drug-likeness (QED) is 0.555. The molecule has 1 aliphatic rings. The molecule has 30 heavy (non-hydrogen) atoms. The monoisotopic (exact) mass is 487 g/mol. The van der Waals surface area contributed by atoms with Gasteiger partial charge in [0.1, 0.15) is 5.25 Å². The van der Waals surface area contributed by atoms with Crippen LogP contribution in [0.15, 0.2) is 58.0 Å². The van der Waals surface area contributed by atoms with E-state index in [9.17, 15) is 14.4 Å². The molecule has 0 spiro atoms. The Morgan fingerprint density at radius 3 is 2.40 bits per heavy atom. The lowest BCUT2D eigenvalue weighted by molar-refractivity contribution is -0.128. The van der Waals surface area contributed by atoms with Gasteiger partial charge in [-0.15, -0.1) is 0 Å². The van der Waals surface area contributed by atoms with Gasteiger partial charge in [0.15, 0.2) is 11.0 Å². The number of rotatable bonds is 7. The minimum atomic E-state index is -0.512. The molecule has 0 saturated carbocycles. The van der Waals surface area contributed by atoms with Crippen molar-refractivity contribution < 1.29 is 14.4 Å². The van der Waals surface area contributed by atoms with E-state index in [0.717, 1.165) is 10.9 Å². The second kappa shape index (κ2) is 10.0. The number of hydrogen-bond acceptors (Lipinski definition) is 5. The number of ketones is 1. The molecule has 0 aromatic heterocycles. The highest BCUT2D eigenvalue weighted by molar-refractivity contribution is 9.10. The lowest BCUT2D eigenvalue weighted by atomic mass is 10.1. The first-order chi connectivity index (χ1) is 14.4. The Labute approximate surface area is 188 Å². The van der Waals surface area contributed by atoms with E-state index in [1.807, 2.05) is 19.1 Å². The number of nitrogens with one attached hydrogen (secondary N) is 1. The van der Waals surface area contributed by atoms with Crippen molar-refractivity contribution in [2.24, 2.45) is 4.99 Å². The number of nitrogens with zero attached hydrogens (tertiary/aromatic N) is 2. The number of Topliss-reactive ketones (excluding diaryl/α,β-unsaturated/α-hetero) is 1. The number of halogens is 1. The SMILES string of the molecule is CCCN1C(=O)[C@@H](CC(=O)Nc2ccc(Br)cc2)SC1=Nc1ccc(C(C)=O)cc1. The minimum absolute atomic E-state index is 0.0101. The van der Waals surface area contributed by atoms with Crippen LogP contribution in [0.2, 0.25) is 0 Å². The predicted molar refractivity (Wildman–Crippen MR) is 124 cm³/mol. The molecule has 6 nitrogen and oxygen atoms in total. The predicted octanol–water partition coefficient (Wildman–Crippen LogP) is 5.02. The van der Waals surface area contributed by atoms with Crippen molar-refractivity contribution in [2.45, 2.75) is 31.9 Å². The molecule has 156 valence electrons. The van der Waals surface area contributed by atoms with E-state index in [1.54, 1.807) is 41.3 Å². The maximum Gasteiger partial charge on any atom is 0.242 e. The highest BCUT2D eigenvalue weighted by Crippen LogP contribution is 2.32. The average molecular weight is 488 g/mol. The van der Waals surface area contributed by atoms with Crippen LogP contribution in [0.4, 0.5) is 11.4 Å². The van der Waals surface area contributed by atoms with Crippen LogP contribution in [0.25, 0.3) is 0 Å². The standard InChI is InChI=1S/C22H22BrN3O3S/c1-3-12-26-21(29)19(13-20(28)24-17-10-6-16(23)7-11-17)30-22(26)25-18-8-4-15(5-9-18)14(2)27/h4-11,19H,3,12-13H2,1-2H3,(H,24,28)/t19-/m1/s1. The molecular weight excluding hydrogens is 466 g/mol. The van der Waals surface area contributed by atoms with Crippen molar-refractivity contribution in [2.75, 3.05) is 11.9 Å². The van der Waals surface area contributed by atoms with Gasteiger partial charge in [-0.25, -0.2) is 4.99 Å². The summed E-state index contributed by atoms with van der Waals surface area (Å²) in [7, 11) is 0. The molecule has 2 aromatic rings. The average Bonchev–Trinajstić information content (AvgIpc) is 2.99. The molecule has 1 N–H and O–H groups in total. The number of carbonyl (C=O) groups excluding carboxylic acids is 3. The third kappa shape index (κ3) is 5.58. The molecule has 2 aromatic carbocycles. The Morgan fingerprint density at radius 1 is 1.13 bits per heavy atom. The van der Waals surface area contributed by atoms with Crippen molar-refractivity contribution in [3.8, 4) is 0 Å².